The van der Waals surface area contributed by atoms with Gasteiger partial charge in [-0.05, 0) is 101 Å². The van der Waals surface area contributed by atoms with Gasteiger partial charge in [0.2, 0.25) is 0 Å². The van der Waals surface area contributed by atoms with Crippen LogP contribution in [0, 0.1) is 0 Å². The van der Waals surface area contributed by atoms with Crippen molar-refractivity contribution < 1.29 is 4.42 Å². The van der Waals surface area contributed by atoms with E-state index in [9.17, 15) is 0 Å². The lowest BCUT2D eigenvalue weighted by atomic mass is 9.86. The number of hydrogen-bond acceptors (Lipinski definition) is 1. The first-order chi connectivity index (χ1) is 23.3. The first-order valence-corrected chi connectivity index (χ1v) is 16.2. The van der Waals surface area contributed by atoms with Gasteiger partial charge in [0.25, 0.3) is 0 Å². The van der Waals surface area contributed by atoms with Crippen LogP contribution in [-0.4, -0.2) is 0 Å². The van der Waals surface area contributed by atoms with E-state index in [1.54, 1.807) is 0 Å². The summed E-state index contributed by atoms with van der Waals surface area (Å²) in [6.07, 6.45) is 0. The van der Waals surface area contributed by atoms with Crippen molar-refractivity contribution in [1.29, 1.82) is 0 Å². The SMILES string of the molecule is c1ccc(-c2cc(-c3c4ccccc4cc4c3ccc3ccccc34)ccc2-c2cccc3oc4ccc5ccccc5c4c23)cc1. The maximum Gasteiger partial charge on any atom is 0.136 e. The van der Waals surface area contributed by atoms with Crippen LogP contribution in [0.15, 0.2) is 174 Å². The normalized spacial score (nSPS) is 11.8. The predicted octanol–water partition coefficient (Wildman–Crippen LogP) is 13.2. The second kappa shape index (κ2) is 10.2. The molecule has 47 heavy (non-hydrogen) atoms. The topological polar surface area (TPSA) is 13.1 Å². The molecule has 0 atom stereocenters. The Morgan fingerprint density at radius 1 is 0.298 bits per heavy atom. The van der Waals surface area contributed by atoms with Crippen LogP contribution in [0.4, 0.5) is 0 Å². The second-order valence-corrected chi connectivity index (χ2v) is 12.4. The molecule has 0 aliphatic rings. The fourth-order valence-corrected chi connectivity index (χ4v) is 7.73. The molecule has 9 aromatic carbocycles. The van der Waals surface area contributed by atoms with E-state index in [4.69, 9.17) is 4.42 Å². The molecule has 218 valence electrons. The molecule has 1 aromatic heterocycles. The number of benzene rings is 9. The molecule has 0 bridgehead atoms. The quantitative estimate of drug-likeness (QED) is 0.146. The summed E-state index contributed by atoms with van der Waals surface area (Å²) in [5.41, 5.74) is 9.06. The van der Waals surface area contributed by atoms with Gasteiger partial charge in [-0.3, -0.25) is 0 Å². The molecular formula is C46H28O. The van der Waals surface area contributed by atoms with Gasteiger partial charge < -0.3 is 4.42 Å². The smallest absolute Gasteiger partial charge is 0.136 e. The summed E-state index contributed by atoms with van der Waals surface area (Å²) in [6, 6.07) is 61.6. The van der Waals surface area contributed by atoms with Crippen molar-refractivity contribution in [2.75, 3.05) is 0 Å². The van der Waals surface area contributed by atoms with Gasteiger partial charge in [0.15, 0.2) is 0 Å². The van der Waals surface area contributed by atoms with Gasteiger partial charge in [-0.15, -0.1) is 0 Å². The zero-order valence-electron chi connectivity index (χ0n) is 25.6. The molecule has 0 aliphatic heterocycles. The minimum atomic E-state index is 0.906. The lowest BCUT2D eigenvalue weighted by Gasteiger charge is -2.17. The lowest BCUT2D eigenvalue weighted by molar-refractivity contribution is 0.669. The van der Waals surface area contributed by atoms with Crippen molar-refractivity contribution in [1.82, 2.24) is 0 Å². The predicted molar refractivity (Wildman–Crippen MR) is 200 cm³/mol. The number of fused-ring (bicyclic) bond motifs is 9. The Labute approximate surface area is 271 Å². The van der Waals surface area contributed by atoms with Crippen molar-refractivity contribution in [3.05, 3.63) is 170 Å². The summed E-state index contributed by atoms with van der Waals surface area (Å²) in [4.78, 5) is 0. The molecule has 0 saturated carbocycles. The molecular weight excluding hydrogens is 569 g/mol. The van der Waals surface area contributed by atoms with E-state index < -0.39 is 0 Å². The van der Waals surface area contributed by atoms with Crippen molar-refractivity contribution in [3.63, 3.8) is 0 Å². The first-order valence-electron chi connectivity index (χ1n) is 16.2. The highest BCUT2D eigenvalue weighted by atomic mass is 16.3. The summed E-state index contributed by atoms with van der Waals surface area (Å²) in [5.74, 6) is 0. The van der Waals surface area contributed by atoms with Gasteiger partial charge in [0, 0.05) is 10.8 Å². The maximum absolute atomic E-state index is 6.49. The van der Waals surface area contributed by atoms with E-state index in [2.05, 4.69) is 170 Å². The van der Waals surface area contributed by atoms with Crippen LogP contribution >= 0.6 is 0 Å². The molecule has 10 aromatic rings. The molecule has 0 radical (unpaired) electrons. The number of hydrogen-bond donors (Lipinski definition) is 0. The standard InChI is InChI=1S/C46H28O/c1-2-11-29(12-3-1)40-28-33(44-36-18-9-6-15-32(36)27-41-34-16-7-4-13-30(34)21-25-39(41)44)22-24-37(40)38-19-10-20-42-46(38)45-35-17-8-5-14-31(35)23-26-43(45)47-42/h1-28H. The van der Waals surface area contributed by atoms with Crippen LogP contribution < -0.4 is 0 Å². The minimum Gasteiger partial charge on any atom is -0.456 e. The molecule has 0 N–H and O–H groups in total. The van der Waals surface area contributed by atoms with Gasteiger partial charge in [-0.1, -0.05) is 146 Å². The van der Waals surface area contributed by atoms with E-state index in [0.29, 0.717) is 0 Å². The molecule has 1 heterocycles. The zero-order valence-corrected chi connectivity index (χ0v) is 25.6. The van der Waals surface area contributed by atoms with E-state index >= 15 is 0 Å². The van der Waals surface area contributed by atoms with E-state index in [-0.39, 0.29) is 0 Å². The van der Waals surface area contributed by atoms with Gasteiger partial charge in [0.05, 0.1) is 0 Å². The largest absolute Gasteiger partial charge is 0.456 e. The second-order valence-electron chi connectivity index (χ2n) is 12.4. The minimum absolute atomic E-state index is 0.906. The Hall–Kier alpha value is -6.18. The van der Waals surface area contributed by atoms with Gasteiger partial charge in [-0.25, -0.2) is 0 Å². The van der Waals surface area contributed by atoms with Crippen molar-refractivity contribution >= 4 is 65.0 Å². The molecule has 0 fully saturated rings. The molecule has 1 heteroatoms. The van der Waals surface area contributed by atoms with Crippen LogP contribution in [0.2, 0.25) is 0 Å². The summed E-state index contributed by atoms with van der Waals surface area (Å²) in [6.45, 7) is 0. The van der Waals surface area contributed by atoms with Gasteiger partial charge in [-0.2, -0.15) is 0 Å². The van der Waals surface area contributed by atoms with Crippen LogP contribution in [0.1, 0.15) is 0 Å². The summed E-state index contributed by atoms with van der Waals surface area (Å²) < 4.78 is 6.49. The fraction of sp³-hybridized carbons (Fsp3) is 0. The molecule has 0 amide bonds. The van der Waals surface area contributed by atoms with E-state index in [1.165, 1.54) is 81.9 Å². The average molecular weight is 597 g/mol. The number of furan rings is 1. The molecule has 0 aliphatic carbocycles. The Morgan fingerprint density at radius 3 is 1.83 bits per heavy atom. The van der Waals surface area contributed by atoms with Gasteiger partial charge >= 0.3 is 0 Å². The highest BCUT2D eigenvalue weighted by Crippen LogP contribution is 2.46. The highest BCUT2D eigenvalue weighted by Gasteiger charge is 2.19. The van der Waals surface area contributed by atoms with Crippen LogP contribution in [-0.2, 0) is 0 Å². The third-order valence-electron chi connectivity index (χ3n) is 9.84. The Morgan fingerprint density at radius 2 is 0.979 bits per heavy atom. The van der Waals surface area contributed by atoms with Crippen LogP contribution in [0.25, 0.3) is 98.4 Å². The van der Waals surface area contributed by atoms with Gasteiger partial charge in [0.1, 0.15) is 11.2 Å². The Balaban J connectivity index is 1.31. The molecule has 0 unspecified atom stereocenters. The summed E-state index contributed by atoms with van der Waals surface area (Å²) in [7, 11) is 0. The fourth-order valence-electron chi connectivity index (χ4n) is 7.73. The van der Waals surface area contributed by atoms with E-state index in [1.807, 2.05) is 0 Å². The Bertz CT molecular complexity index is 2840. The van der Waals surface area contributed by atoms with Crippen molar-refractivity contribution in [3.8, 4) is 33.4 Å². The average Bonchev–Trinajstić information content (AvgIpc) is 3.54. The highest BCUT2D eigenvalue weighted by molar-refractivity contribution is 6.24. The molecule has 1 nitrogen and oxygen atoms in total. The van der Waals surface area contributed by atoms with Crippen molar-refractivity contribution in [2.24, 2.45) is 0 Å². The zero-order chi connectivity index (χ0) is 30.9. The first kappa shape index (κ1) is 26.1. The van der Waals surface area contributed by atoms with E-state index in [0.717, 1.165) is 16.6 Å². The molecule has 10 rings (SSSR count). The third kappa shape index (κ3) is 3.97. The Kier molecular flexibility index (Phi) is 5.64. The third-order valence-corrected chi connectivity index (χ3v) is 9.84. The monoisotopic (exact) mass is 596 g/mol. The van der Waals surface area contributed by atoms with Crippen molar-refractivity contribution in [2.45, 2.75) is 0 Å². The maximum atomic E-state index is 6.49. The summed E-state index contributed by atoms with van der Waals surface area (Å²) in [5, 5.41) is 12.4. The lowest BCUT2D eigenvalue weighted by Crippen LogP contribution is -1.91. The van der Waals surface area contributed by atoms with Crippen LogP contribution in [0.3, 0.4) is 0 Å². The molecule has 0 saturated heterocycles. The van der Waals surface area contributed by atoms with Crippen LogP contribution in [0.5, 0.6) is 0 Å². The number of rotatable bonds is 3. The summed E-state index contributed by atoms with van der Waals surface area (Å²) >= 11 is 0. The molecule has 0 spiro atoms.